The van der Waals surface area contributed by atoms with Gasteiger partial charge in [0.2, 0.25) is 0 Å². The van der Waals surface area contributed by atoms with Crippen molar-refractivity contribution in [1.29, 1.82) is 0 Å². The fourth-order valence-electron chi connectivity index (χ4n) is 2.04. The summed E-state index contributed by atoms with van der Waals surface area (Å²) in [5.41, 5.74) is 2.61. The topological polar surface area (TPSA) is 55.9 Å². The Bertz CT molecular complexity index is 609. The normalized spacial score (nSPS) is 12.7. The van der Waals surface area contributed by atoms with Crippen LogP contribution in [0.4, 0.5) is 8.78 Å². The number of halogens is 4. The molecule has 0 aliphatic rings. The molecular formula is C12H12BrClF2N4. The number of aromatic nitrogens is 2. The molecule has 0 saturated heterocycles. The van der Waals surface area contributed by atoms with Crippen LogP contribution >= 0.6 is 27.5 Å². The van der Waals surface area contributed by atoms with Gasteiger partial charge in [0.1, 0.15) is 11.6 Å². The van der Waals surface area contributed by atoms with Crippen molar-refractivity contribution in [1.82, 2.24) is 15.2 Å². The lowest BCUT2D eigenvalue weighted by Gasteiger charge is -2.19. The molecule has 1 heterocycles. The third kappa shape index (κ3) is 2.71. The number of nitrogens with zero attached hydrogens (tertiary/aromatic N) is 2. The molecule has 1 atom stereocenters. The first-order valence-corrected chi connectivity index (χ1v) is 6.98. The molecule has 2 rings (SSSR count). The molecule has 1 unspecified atom stereocenters. The highest BCUT2D eigenvalue weighted by molar-refractivity contribution is 9.10. The predicted molar refractivity (Wildman–Crippen MR) is 76.1 cm³/mol. The van der Waals surface area contributed by atoms with Crippen LogP contribution in [0.1, 0.15) is 24.2 Å². The van der Waals surface area contributed by atoms with E-state index in [1.54, 1.807) is 0 Å². The second-order valence-corrected chi connectivity index (χ2v) is 5.40. The van der Waals surface area contributed by atoms with Gasteiger partial charge in [-0.05, 0) is 19.1 Å². The van der Waals surface area contributed by atoms with E-state index in [9.17, 15) is 8.78 Å². The summed E-state index contributed by atoms with van der Waals surface area (Å²) in [6.07, 6.45) is 1.42. The molecule has 0 fully saturated rings. The Balaban J connectivity index is 2.61. The fourth-order valence-corrected chi connectivity index (χ4v) is 2.69. The smallest absolute Gasteiger partial charge is 0.132 e. The maximum Gasteiger partial charge on any atom is 0.132 e. The van der Waals surface area contributed by atoms with E-state index in [1.165, 1.54) is 23.0 Å². The minimum atomic E-state index is -0.932. The van der Waals surface area contributed by atoms with Crippen LogP contribution in [0, 0.1) is 11.6 Å². The second kappa shape index (κ2) is 6.17. The zero-order chi connectivity index (χ0) is 14.9. The molecule has 8 heteroatoms. The molecule has 108 valence electrons. The van der Waals surface area contributed by atoms with Gasteiger partial charge in [-0.25, -0.2) is 14.2 Å². The van der Waals surface area contributed by atoms with Crippen molar-refractivity contribution in [3.63, 3.8) is 0 Å². The summed E-state index contributed by atoms with van der Waals surface area (Å²) < 4.78 is 30.0. The number of rotatable bonds is 4. The van der Waals surface area contributed by atoms with Gasteiger partial charge in [0, 0.05) is 16.6 Å². The molecule has 3 N–H and O–H groups in total. The van der Waals surface area contributed by atoms with E-state index in [-0.39, 0.29) is 10.6 Å². The van der Waals surface area contributed by atoms with Crippen molar-refractivity contribution in [2.75, 3.05) is 0 Å². The van der Waals surface area contributed by atoms with Crippen LogP contribution in [0.3, 0.4) is 0 Å². The number of aryl methyl sites for hydroxylation is 1. The first-order valence-electron chi connectivity index (χ1n) is 5.81. The van der Waals surface area contributed by atoms with Crippen molar-refractivity contribution < 1.29 is 8.78 Å². The third-order valence-corrected chi connectivity index (χ3v) is 3.65. The molecule has 1 aromatic heterocycles. The average molecular weight is 366 g/mol. The van der Waals surface area contributed by atoms with Gasteiger partial charge in [-0.2, -0.15) is 5.10 Å². The van der Waals surface area contributed by atoms with Gasteiger partial charge in [-0.3, -0.25) is 10.5 Å². The molecular weight excluding hydrogens is 354 g/mol. The van der Waals surface area contributed by atoms with E-state index < -0.39 is 17.7 Å². The van der Waals surface area contributed by atoms with E-state index in [4.69, 9.17) is 17.4 Å². The van der Waals surface area contributed by atoms with Gasteiger partial charge in [-0.1, -0.05) is 27.5 Å². The van der Waals surface area contributed by atoms with E-state index in [0.717, 1.165) is 0 Å². The molecule has 0 spiro atoms. The molecule has 0 bridgehead atoms. The van der Waals surface area contributed by atoms with Gasteiger partial charge in [-0.15, -0.1) is 0 Å². The van der Waals surface area contributed by atoms with Crippen molar-refractivity contribution >= 4 is 27.5 Å². The molecule has 20 heavy (non-hydrogen) atoms. The number of nitrogens with one attached hydrogen (secondary N) is 1. The lowest BCUT2D eigenvalue weighted by Crippen LogP contribution is -2.32. The zero-order valence-corrected chi connectivity index (χ0v) is 12.8. The summed E-state index contributed by atoms with van der Waals surface area (Å²) in [5, 5.41) is 4.33. The molecule has 1 aromatic carbocycles. The Labute approximate surface area is 128 Å². The van der Waals surface area contributed by atoms with Gasteiger partial charge >= 0.3 is 0 Å². The highest BCUT2D eigenvalue weighted by atomic mass is 79.9. The van der Waals surface area contributed by atoms with Crippen molar-refractivity contribution in [2.45, 2.75) is 19.5 Å². The predicted octanol–water partition coefficient (Wildman–Crippen LogP) is 3.15. The van der Waals surface area contributed by atoms with Gasteiger partial charge in [0.05, 0.1) is 23.0 Å². The van der Waals surface area contributed by atoms with Crippen LogP contribution in [-0.2, 0) is 6.54 Å². The first-order chi connectivity index (χ1) is 9.49. The maximum absolute atomic E-state index is 14.1. The third-order valence-electron chi connectivity index (χ3n) is 2.91. The van der Waals surface area contributed by atoms with Crippen LogP contribution in [0.15, 0.2) is 22.8 Å². The molecule has 0 aliphatic heterocycles. The molecule has 2 aromatic rings. The van der Waals surface area contributed by atoms with Crippen LogP contribution in [-0.4, -0.2) is 9.78 Å². The Morgan fingerprint density at radius 2 is 2.05 bits per heavy atom. The van der Waals surface area contributed by atoms with Crippen LogP contribution < -0.4 is 11.3 Å². The summed E-state index contributed by atoms with van der Waals surface area (Å²) in [7, 11) is 0. The minimum Gasteiger partial charge on any atom is -0.271 e. The zero-order valence-electron chi connectivity index (χ0n) is 10.5. The Hall–Kier alpha value is -1.02. The average Bonchev–Trinajstić information content (AvgIpc) is 2.74. The van der Waals surface area contributed by atoms with E-state index in [2.05, 4.69) is 26.5 Å². The number of hydrazine groups is 1. The van der Waals surface area contributed by atoms with Crippen molar-refractivity contribution in [2.24, 2.45) is 5.84 Å². The summed E-state index contributed by atoms with van der Waals surface area (Å²) >= 11 is 9.08. The monoisotopic (exact) mass is 364 g/mol. The number of hydrogen-bond acceptors (Lipinski definition) is 3. The highest BCUT2D eigenvalue weighted by Gasteiger charge is 2.26. The van der Waals surface area contributed by atoms with Crippen LogP contribution in [0.5, 0.6) is 0 Å². The second-order valence-electron chi connectivity index (χ2n) is 4.08. The molecule has 0 aliphatic carbocycles. The fraction of sp³-hybridized carbons (Fsp3) is 0.250. The molecule has 4 nitrogen and oxygen atoms in total. The van der Waals surface area contributed by atoms with Crippen LogP contribution in [0.25, 0.3) is 0 Å². The molecule has 0 radical (unpaired) electrons. The van der Waals surface area contributed by atoms with Crippen LogP contribution in [0.2, 0.25) is 5.02 Å². The number of benzene rings is 1. The molecule has 0 saturated carbocycles. The van der Waals surface area contributed by atoms with E-state index >= 15 is 0 Å². The standard InChI is InChI=1S/C12H12BrClF2N4/c1-2-20-12(7(14)5-18-20)11(19-17)10-8(15)3-6(13)4-9(10)16/h3-5,11,19H,2,17H2,1H3. The van der Waals surface area contributed by atoms with Crippen molar-refractivity contribution in [3.05, 3.63) is 50.7 Å². The van der Waals surface area contributed by atoms with E-state index in [1.807, 2.05) is 6.92 Å². The number of hydrogen-bond donors (Lipinski definition) is 2. The summed E-state index contributed by atoms with van der Waals surface area (Å²) in [5.74, 6) is 4.02. The summed E-state index contributed by atoms with van der Waals surface area (Å²) in [4.78, 5) is 0. The van der Waals surface area contributed by atoms with Gasteiger partial charge in [0.25, 0.3) is 0 Å². The van der Waals surface area contributed by atoms with E-state index in [0.29, 0.717) is 16.7 Å². The van der Waals surface area contributed by atoms with Gasteiger partial charge in [0.15, 0.2) is 0 Å². The SMILES string of the molecule is CCn1ncc(Cl)c1C(NN)c1c(F)cc(Br)cc1F. The lowest BCUT2D eigenvalue weighted by atomic mass is 10.0. The maximum atomic E-state index is 14.1. The van der Waals surface area contributed by atoms with Gasteiger partial charge < -0.3 is 0 Å². The Kier molecular flexibility index (Phi) is 4.74. The quantitative estimate of drug-likeness (QED) is 0.646. The summed E-state index contributed by atoms with van der Waals surface area (Å²) in [6.45, 7) is 2.34. The summed E-state index contributed by atoms with van der Waals surface area (Å²) in [6, 6.07) is 1.41. The van der Waals surface area contributed by atoms with Crippen molar-refractivity contribution in [3.8, 4) is 0 Å². The lowest BCUT2D eigenvalue weighted by molar-refractivity contribution is 0.483. The first kappa shape index (κ1) is 15.4. The Morgan fingerprint density at radius 3 is 2.55 bits per heavy atom. The minimum absolute atomic E-state index is 0.201. The number of nitrogens with two attached hydrogens (primary N) is 1. The Morgan fingerprint density at radius 1 is 1.45 bits per heavy atom. The largest absolute Gasteiger partial charge is 0.271 e. The molecule has 0 amide bonds. The highest BCUT2D eigenvalue weighted by Crippen LogP contribution is 2.32.